The second-order valence-electron chi connectivity index (χ2n) is 4.54. The van der Waals surface area contributed by atoms with Crippen LogP contribution in [0.2, 0.25) is 0 Å². The third-order valence-corrected chi connectivity index (χ3v) is 2.82. The lowest BCUT2D eigenvalue weighted by atomic mass is 10.2. The van der Waals surface area contributed by atoms with Gasteiger partial charge in [-0.1, -0.05) is 6.07 Å². The van der Waals surface area contributed by atoms with Gasteiger partial charge in [0.05, 0.1) is 12.3 Å². The first-order valence-electron chi connectivity index (χ1n) is 6.72. The minimum atomic E-state index is -0.447. The first-order chi connectivity index (χ1) is 10.1. The van der Waals surface area contributed by atoms with Crippen molar-refractivity contribution in [3.05, 3.63) is 53.3 Å². The van der Waals surface area contributed by atoms with Gasteiger partial charge in [0.2, 0.25) is 0 Å². The van der Waals surface area contributed by atoms with Crippen LogP contribution in [0.4, 0.5) is 5.69 Å². The number of hydrogen-bond acceptors (Lipinski definition) is 5. The molecule has 1 aromatic carbocycles. The van der Waals surface area contributed by atoms with Gasteiger partial charge in [-0.05, 0) is 44.2 Å². The molecule has 0 unspecified atom stereocenters. The summed E-state index contributed by atoms with van der Waals surface area (Å²) in [7, 11) is 0. The number of carbonyl (C=O) groups excluding carboxylic acids is 1. The van der Waals surface area contributed by atoms with E-state index in [1.807, 2.05) is 25.1 Å². The summed E-state index contributed by atoms with van der Waals surface area (Å²) in [5.74, 6) is -0.0112. The summed E-state index contributed by atoms with van der Waals surface area (Å²) in [6.07, 6.45) is 0. The lowest BCUT2D eigenvalue weighted by molar-refractivity contribution is 0.0521. The molecule has 2 N–H and O–H groups in total. The number of rotatable bonds is 5. The monoisotopic (exact) mass is 286 g/mol. The zero-order chi connectivity index (χ0) is 15.2. The van der Waals surface area contributed by atoms with Crippen molar-refractivity contribution in [3.63, 3.8) is 0 Å². The van der Waals surface area contributed by atoms with E-state index >= 15 is 0 Å². The molecular weight excluding hydrogens is 268 g/mol. The van der Waals surface area contributed by atoms with E-state index in [0.29, 0.717) is 23.6 Å². The third-order valence-electron chi connectivity index (χ3n) is 2.82. The predicted octanol–water partition coefficient (Wildman–Crippen LogP) is 2.73. The molecule has 0 spiro atoms. The number of anilines is 1. The molecule has 1 heterocycles. The Labute approximate surface area is 123 Å². The van der Waals surface area contributed by atoms with E-state index in [0.717, 1.165) is 11.4 Å². The topological polar surface area (TPSA) is 74.4 Å². The minimum absolute atomic E-state index is 0.276. The normalized spacial score (nSPS) is 10.2. The van der Waals surface area contributed by atoms with Gasteiger partial charge in [-0.15, -0.1) is 0 Å². The van der Waals surface area contributed by atoms with Crippen LogP contribution in [-0.2, 0) is 11.3 Å². The Morgan fingerprint density at radius 2 is 2.10 bits per heavy atom. The van der Waals surface area contributed by atoms with Crippen LogP contribution in [0.1, 0.15) is 28.7 Å². The molecule has 5 heteroatoms. The van der Waals surface area contributed by atoms with Crippen molar-refractivity contribution >= 4 is 11.7 Å². The van der Waals surface area contributed by atoms with Crippen molar-refractivity contribution in [2.45, 2.75) is 20.5 Å². The third kappa shape index (κ3) is 3.95. The van der Waals surface area contributed by atoms with Gasteiger partial charge in [-0.3, -0.25) is 4.98 Å². The fourth-order valence-electron chi connectivity index (χ4n) is 1.87. The molecule has 0 radical (unpaired) electrons. The smallest absolute Gasteiger partial charge is 0.341 e. The summed E-state index contributed by atoms with van der Waals surface area (Å²) >= 11 is 0. The minimum Gasteiger partial charge on any atom is -0.486 e. The van der Waals surface area contributed by atoms with Gasteiger partial charge in [-0.2, -0.15) is 0 Å². The molecule has 110 valence electrons. The summed E-state index contributed by atoms with van der Waals surface area (Å²) in [6.45, 7) is 4.24. The van der Waals surface area contributed by atoms with E-state index in [9.17, 15) is 4.79 Å². The van der Waals surface area contributed by atoms with Gasteiger partial charge in [0.15, 0.2) is 0 Å². The van der Waals surface area contributed by atoms with Crippen LogP contribution in [0, 0.1) is 6.92 Å². The fourth-order valence-corrected chi connectivity index (χ4v) is 1.87. The van der Waals surface area contributed by atoms with Gasteiger partial charge in [-0.25, -0.2) is 4.79 Å². The number of aromatic nitrogens is 1. The highest BCUT2D eigenvalue weighted by atomic mass is 16.5. The molecule has 0 atom stereocenters. The average molecular weight is 286 g/mol. The second kappa shape index (κ2) is 6.74. The van der Waals surface area contributed by atoms with E-state index in [-0.39, 0.29) is 6.61 Å². The second-order valence-corrected chi connectivity index (χ2v) is 4.54. The van der Waals surface area contributed by atoms with Crippen molar-refractivity contribution in [2.75, 3.05) is 12.3 Å². The number of carbonyl (C=O) groups is 1. The number of hydrogen-bond donors (Lipinski definition) is 1. The molecule has 5 nitrogen and oxygen atoms in total. The SMILES string of the molecule is CCOC(=O)c1cc(N)ccc1OCc1cccc(C)n1. The first kappa shape index (κ1) is 14.8. The summed E-state index contributed by atoms with van der Waals surface area (Å²) < 4.78 is 10.7. The average Bonchev–Trinajstić information content (AvgIpc) is 2.46. The Hall–Kier alpha value is -2.56. The lowest BCUT2D eigenvalue weighted by Crippen LogP contribution is -2.09. The molecule has 2 rings (SSSR count). The number of nitrogen functional groups attached to an aromatic ring is 1. The van der Waals surface area contributed by atoms with Crippen molar-refractivity contribution in [3.8, 4) is 5.75 Å². The highest BCUT2D eigenvalue weighted by Crippen LogP contribution is 2.23. The highest BCUT2D eigenvalue weighted by Gasteiger charge is 2.14. The Morgan fingerprint density at radius 1 is 1.29 bits per heavy atom. The Balaban J connectivity index is 2.17. The zero-order valence-corrected chi connectivity index (χ0v) is 12.1. The Kier molecular flexibility index (Phi) is 4.77. The number of benzene rings is 1. The fraction of sp³-hybridized carbons (Fsp3) is 0.250. The lowest BCUT2D eigenvalue weighted by Gasteiger charge is -2.11. The zero-order valence-electron chi connectivity index (χ0n) is 12.1. The van der Waals surface area contributed by atoms with E-state index in [4.69, 9.17) is 15.2 Å². The quantitative estimate of drug-likeness (QED) is 0.675. The van der Waals surface area contributed by atoms with Crippen LogP contribution < -0.4 is 10.5 Å². The van der Waals surface area contributed by atoms with Crippen molar-refractivity contribution in [2.24, 2.45) is 0 Å². The maximum absolute atomic E-state index is 11.9. The van der Waals surface area contributed by atoms with Crippen molar-refractivity contribution in [1.82, 2.24) is 4.98 Å². The highest BCUT2D eigenvalue weighted by molar-refractivity contribution is 5.93. The number of pyridine rings is 1. The van der Waals surface area contributed by atoms with Gasteiger partial charge in [0.1, 0.15) is 17.9 Å². The maximum atomic E-state index is 11.9. The molecule has 0 fully saturated rings. The number of aryl methyl sites for hydroxylation is 1. The molecule has 0 saturated carbocycles. The van der Waals surface area contributed by atoms with Crippen LogP contribution in [0.15, 0.2) is 36.4 Å². The van der Waals surface area contributed by atoms with E-state index < -0.39 is 5.97 Å². The largest absolute Gasteiger partial charge is 0.486 e. The van der Waals surface area contributed by atoms with Crippen LogP contribution in [0.25, 0.3) is 0 Å². The molecular formula is C16H18N2O3. The molecule has 0 amide bonds. The molecule has 0 aliphatic rings. The number of ether oxygens (including phenoxy) is 2. The number of esters is 1. The molecule has 0 aliphatic heterocycles. The maximum Gasteiger partial charge on any atom is 0.341 e. The van der Waals surface area contributed by atoms with Gasteiger partial charge >= 0.3 is 5.97 Å². The Bertz CT molecular complexity index is 641. The van der Waals surface area contributed by atoms with Gasteiger partial charge < -0.3 is 15.2 Å². The molecule has 21 heavy (non-hydrogen) atoms. The van der Waals surface area contributed by atoms with E-state index in [2.05, 4.69) is 4.98 Å². The molecule has 0 aliphatic carbocycles. The van der Waals surface area contributed by atoms with E-state index in [1.54, 1.807) is 25.1 Å². The molecule has 2 aromatic rings. The Morgan fingerprint density at radius 3 is 2.81 bits per heavy atom. The summed E-state index contributed by atoms with van der Waals surface area (Å²) in [5.41, 5.74) is 8.23. The molecule has 0 saturated heterocycles. The van der Waals surface area contributed by atoms with Gasteiger partial charge in [0, 0.05) is 11.4 Å². The van der Waals surface area contributed by atoms with Crippen molar-refractivity contribution in [1.29, 1.82) is 0 Å². The van der Waals surface area contributed by atoms with Gasteiger partial charge in [0.25, 0.3) is 0 Å². The van der Waals surface area contributed by atoms with E-state index in [1.165, 1.54) is 0 Å². The summed E-state index contributed by atoms with van der Waals surface area (Å²) in [4.78, 5) is 16.3. The van der Waals surface area contributed by atoms with Crippen LogP contribution in [0.5, 0.6) is 5.75 Å². The number of nitrogens with zero attached hydrogens (tertiary/aromatic N) is 1. The first-order valence-corrected chi connectivity index (χ1v) is 6.72. The number of nitrogens with two attached hydrogens (primary N) is 1. The molecule has 1 aromatic heterocycles. The van der Waals surface area contributed by atoms with Crippen molar-refractivity contribution < 1.29 is 14.3 Å². The molecule has 0 bridgehead atoms. The summed E-state index contributed by atoms with van der Waals surface area (Å²) in [6, 6.07) is 10.6. The summed E-state index contributed by atoms with van der Waals surface area (Å²) in [5, 5.41) is 0. The van der Waals surface area contributed by atoms with Crippen LogP contribution in [-0.4, -0.2) is 17.6 Å². The van der Waals surface area contributed by atoms with Crippen LogP contribution in [0.3, 0.4) is 0 Å². The predicted molar refractivity (Wildman–Crippen MR) is 80.1 cm³/mol. The van der Waals surface area contributed by atoms with Crippen LogP contribution >= 0.6 is 0 Å². The standard InChI is InChI=1S/C16H18N2O3/c1-3-20-16(19)14-9-12(17)7-8-15(14)21-10-13-6-4-5-11(2)18-13/h4-9H,3,10,17H2,1-2H3.